The lowest BCUT2D eigenvalue weighted by Gasteiger charge is -2.21. The average molecular weight is 433 g/mol. The van der Waals surface area contributed by atoms with Crippen LogP contribution in [0.1, 0.15) is 18.7 Å². The SMILES string of the molecule is CC(Nc1ncnc2[nH]c(=O)[nH]c12)c1cc2cccc(Cl)c2c(=O)n1-c1ccccc1. The number of fused-ring (bicyclic) bond motifs is 2. The molecule has 0 fully saturated rings. The molecule has 0 radical (unpaired) electrons. The van der Waals surface area contributed by atoms with E-state index in [1.54, 1.807) is 10.6 Å². The number of pyridine rings is 1. The summed E-state index contributed by atoms with van der Waals surface area (Å²) in [6.07, 6.45) is 1.37. The molecule has 0 aliphatic carbocycles. The lowest BCUT2D eigenvalue weighted by Crippen LogP contribution is -2.25. The Morgan fingerprint density at radius 3 is 2.65 bits per heavy atom. The van der Waals surface area contributed by atoms with Crippen LogP contribution in [0.4, 0.5) is 5.82 Å². The third-order valence-corrected chi connectivity index (χ3v) is 5.47. The molecule has 8 nitrogen and oxygen atoms in total. The minimum absolute atomic E-state index is 0.208. The minimum Gasteiger partial charge on any atom is -0.360 e. The molecule has 0 saturated carbocycles. The molecule has 0 saturated heterocycles. The second-order valence-electron chi connectivity index (χ2n) is 7.14. The van der Waals surface area contributed by atoms with E-state index in [2.05, 4.69) is 25.3 Å². The van der Waals surface area contributed by atoms with Crippen LogP contribution in [0.5, 0.6) is 0 Å². The molecular weight excluding hydrogens is 416 g/mol. The first-order chi connectivity index (χ1) is 15.0. The van der Waals surface area contributed by atoms with Crippen LogP contribution < -0.4 is 16.6 Å². The van der Waals surface area contributed by atoms with E-state index in [9.17, 15) is 9.59 Å². The van der Waals surface area contributed by atoms with E-state index in [1.807, 2.05) is 55.5 Å². The third-order valence-electron chi connectivity index (χ3n) is 5.15. The maximum absolute atomic E-state index is 13.5. The van der Waals surface area contributed by atoms with Gasteiger partial charge in [0.1, 0.15) is 11.8 Å². The van der Waals surface area contributed by atoms with Crippen molar-refractivity contribution < 1.29 is 0 Å². The van der Waals surface area contributed by atoms with Gasteiger partial charge >= 0.3 is 5.69 Å². The monoisotopic (exact) mass is 432 g/mol. The maximum Gasteiger partial charge on any atom is 0.325 e. The van der Waals surface area contributed by atoms with Crippen LogP contribution in [0.25, 0.3) is 27.6 Å². The van der Waals surface area contributed by atoms with Gasteiger partial charge in [-0.15, -0.1) is 0 Å². The van der Waals surface area contributed by atoms with Gasteiger partial charge in [-0.1, -0.05) is 41.9 Å². The van der Waals surface area contributed by atoms with E-state index in [4.69, 9.17) is 11.6 Å². The molecule has 5 aromatic rings. The molecule has 3 aromatic heterocycles. The molecule has 31 heavy (non-hydrogen) atoms. The van der Waals surface area contributed by atoms with Gasteiger partial charge in [0.25, 0.3) is 5.56 Å². The molecule has 0 spiro atoms. The summed E-state index contributed by atoms with van der Waals surface area (Å²) in [4.78, 5) is 38.9. The fraction of sp³-hybridized carbons (Fsp3) is 0.0909. The Morgan fingerprint density at radius 1 is 1.03 bits per heavy atom. The molecule has 9 heteroatoms. The number of hydrogen-bond acceptors (Lipinski definition) is 5. The van der Waals surface area contributed by atoms with Crippen LogP contribution in [-0.2, 0) is 0 Å². The number of nitrogens with zero attached hydrogens (tertiary/aromatic N) is 3. The number of halogens is 1. The number of rotatable bonds is 4. The van der Waals surface area contributed by atoms with Crippen molar-refractivity contribution in [3.05, 3.63) is 92.5 Å². The highest BCUT2D eigenvalue weighted by Crippen LogP contribution is 2.27. The van der Waals surface area contributed by atoms with Crippen LogP contribution in [0, 0.1) is 0 Å². The van der Waals surface area contributed by atoms with Gasteiger partial charge in [-0.2, -0.15) is 0 Å². The van der Waals surface area contributed by atoms with Crippen LogP contribution in [-0.4, -0.2) is 24.5 Å². The first-order valence-corrected chi connectivity index (χ1v) is 10.00. The maximum atomic E-state index is 13.5. The Hall–Kier alpha value is -3.91. The second-order valence-corrected chi connectivity index (χ2v) is 7.55. The topological polar surface area (TPSA) is 108 Å². The van der Waals surface area contributed by atoms with Gasteiger partial charge in [-0.25, -0.2) is 14.8 Å². The van der Waals surface area contributed by atoms with E-state index < -0.39 is 0 Å². The Morgan fingerprint density at radius 2 is 1.84 bits per heavy atom. The summed E-state index contributed by atoms with van der Waals surface area (Å²) in [5, 5.41) is 4.91. The van der Waals surface area contributed by atoms with Crippen LogP contribution in [0.15, 0.2) is 70.5 Å². The van der Waals surface area contributed by atoms with E-state index in [0.29, 0.717) is 27.4 Å². The fourth-order valence-electron chi connectivity index (χ4n) is 3.74. The standard InChI is InChI=1S/C22H17ClN6O2/c1-12(26-19-18-20(25-11-24-19)28-22(31)27-18)16-10-13-6-5-9-15(23)17(13)21(30)29(16)14-7-3-2-4-8-14/h2-12H,1H3,(H3,24,25,26,27,28,31). The Labute approximate surface area is 180 Å². The number of imidazole rings is 1. The van der Waals surface area contributed by atoms with Crippen molar-refractivity contribution in [1.82, 2.24) is 24.5 Å². The first-order valence-electron chi connectivity index (χ1n) is 9.62. The van der Waals surface area contributed by atoms with Crippen LogP contribution in [0.3, 0.4) is 0 Å². The van der Waals surface area contributed by atoms with Gasteiger partial charge in [0.2, 0.25) is 0 Å². The largest absolute Gasteiger partial charge is 0.360 e. The van der Waals surface area contributed by atoms with Gasteiger partial charge in [-0.05, 0) is 36.6 Å². The highest BCUT2D eigenvalue weighted by atomic mass is 35.5. The zero-order valence-corrected chi connectivity index (χ0v) is 17.1. The fourth-order valence-corrected chi connectivity index (χ4v) is 4.00. The van der Waals surface area contributed by atoms with E-state index in [0.717, 1.165) is 16.8 Å². The summed E-state index contributed by atoms with van der Waals surface area (Å²) in [5.41, 5.74) is 1.74. The molecule has 5 rings (SSSR count). The lowest BCUT2D eigenvalue weighted by atomic mass is 10.1. The van der Waals surface area contributed by atoms with Crippen LogP contribution >= 0.6 is 11.6 Å². The van der Waals surface area contributed by atoms with E-state index in [1.165, 1.54) is 6.33 Å². The summed E-state index contributed by atoms with van der Waals surface area (Å²) in [6, 6.07) is 16.4. The van der Waals surface area contributed by atoms with Gasteiger partial charge in [0.15, 0.2) is 11.5 Å². The lowest BCUT2D eigenvalue weighted by molar-refractivity contribution is 0.774. The number of benzene rings is 2. The minimum atomic E-state index is -0.368. The van der Waals surface area contributed by atoms with Crippen LogP contribution in [0.2, 0.25) is 5.02 Å². The molecule has 0 aliphatic rings. The second kappa shape index (κ2) is 7.41. The highest BCUT2D eigenvalue weighted by Gasteiger charge is 2.19. The van der Waals surface area contributed by atoms with Gasteiger partial charge in [0.05, 0.1) is 16.5 Å². The highest BCUT2D eigenvalue weighted by molar-refractivity contribution is 6.35. The Balaban J connectivity index is 1.71. The molecule has 0 aliphatic heterocycles. The smallest absolute Gasteiger partial charge is 0.325 e. The van der Waals surface area contributed by atoms with Crippen molar-refractivity contribution >= 4 is 39.4 Å². The van der Waals surface area contributed by atoms with Gasteiger partial charge in [-0.3, -0.25) is 14.3 Å². The first kappa shape index (κ1) is 19.1. The zero-order chi connectivity index (χ0) is 21.5. The summed E-state index contributed by atoms with van der Waals surface area (Å²) < 4.78 is 1.64. The molecule has 3 heterocycles. The molecule has 1 atom stereocenters. The van der Waals surface area contributed by atoms with Crippen molar-refractivity contribution in [3.63, 3.8) is 0 Å². The summed E-state index contributed by atoms with van der Waals surface area (Å²) in [6.45, 7) is 1.92. The zero-order valence-electron chi connectivity index (χ0n) is 16.4. The van der Waals surface area contributed by atoms with E-state index in [-0.39, 0.29) is 17.3 Å². The number of anilines is 1. The molecule has 3 N–H and O–H groups in total. The van der Waals surface area contributed by atoms with Crippen molar-refractivity contribution in [2.45, 2.75) is 13.0 Å². The van der Waals surface area contributed by atoms with Crippen molar-refractivity contribution in [2.75, 3.05) is 5.32 Å². The predicted molar refractivity (Wildman–Crippen MR) is 121 cm³/mol. The summed E-state index contributed by atoms with van der Waals surface area (Å²) >= 11 is 6.37. The van der Waals surface area contributed by atoms with Crippen molar-refractivity contribution in [2.24, 2.45) is 0 Å². The third kappa shape index (κ3) is 3.27. The Bertz CT molecular complexity index is 1540. The molecule has 0 bridgehead atoms. The van der Waals surface area contributed by atoms with E-state index >= 15 is 0 Å². The van der Waals surface area contributed by atoms with Gasteiger partial charge < -0.3 is 10.3 Å². The normalized spacial score (nSPS) is 12.3. The number of H-pyrrole nitrogens is 2. The average Bonchev–Trinajstić information content (AvgIpc) is 3.15. The number of aromatic amines is 2. The Kier molecular flexibility index (Phi) is 4.56. The molecule has 2 aromatic carbocycles. The van der Waals surface area contributed by atoms with Gasteiger partial charge in [0, 0.05) is 11.4 Å². The number of nitrogens with one attached hydrogen (secondary N) is 3. The predicted octanol–water partition coefficient (Wildman–Crippen LogP) is 3.78. The molecule has 154 valence electrons. The number of hydrogen-bond donors (Lipinski definition) is 3. The summed E-state index contributed by atoms with van der Waals surface area (Å²) in [5.74, 6) is 0.453. The molecular formula is C22H17ClN6O2. The van der Waals surface area contributed by atoms with Crippen molar-refractivity contribution in [3.8, 4) is 5.69 Å². The summed E-state index contributed by atoms with van der Waals surface area (Å²) in [7, 11) is 0. The molecule has 0 amide bonds. The number of aromatic nitrogens is 5. The molecule has 1 unspecified atom stereocenters. The quantitative estimate of drug-likeness (QED) is 0.400. The van der Waals surface area contributed by atoms with Crippen molar-refractivity contribution in [1.29, 1.82) is 0 Å². The number of para-hydroxylation sites is 1.